The Morgan fingerprint density at radius 1 is 1.43 bits per heavy atom. The summed E-state index contributed by atoms with van der Waals surface area (Å²) in [6, 6.07) is 3.43. The van der Waals surface area contributed by atoms with E-state index in [0.29, 0.717) is 5.56 Å². The maximum atomic E-state index is 13.7. The summed E-state index contributed by atoms with van der Waals surface area (Å²) in [6.07, 6.45) is 2.77. The Bertz CT molecular complexity index is 372. The molecular formula is C11H13ClFN. The average Bonchev–Trinajstić information content (AvgIpc) is 2.07. The van der Waals surface area contributed by atoms with E-state index < -0.39 is 5.54 Å². The summed E-state index contributed by atoms with van der Waals surface area (Å²) in [5, 5.41) is 0.178. The van der Waals surface area contributed by atoms with Crippen LogP contribution in [0.5, 0.6) is 0 Å². The van der Waals surface area contributed by atoms with Gasteiger partial charge in [0.2, 0.25) is 0 Å². The third-order valence-corrected chi connectivity index (χ3v) is 3.23. The molecule has 0 bridgehead atoms. The predicted molar refractivity (Wildman–Crippen MR) is 55.9 cm³/mol. The third kappa shape index (κ3) is 1.43. The number of rotatable bonds is 1. The van der Waals surface area contributed by atoms with Crippen LogP contribution in [0.25, 0.3) is 0 Å². The van der Waals surface area contributed by atoms with Crippen molar-refractivity contribution in [2.24, 2.45) is 5.73 Å². The Hall–Kier alpha value is -0.600. The van der Waals surface area contributed by atoms with Gasteiger partial charge in [-0.25, -0.2) is 4.39 Å². The van der Waals surface area contributed by atoms with Crippen LogP contribution in [0.2, 0.25) is 5.02 Å². The van der Waals surface area contributed by atoms with Crippen molar-refractivity contribution in [2.75, 3.05) is 0 Å². The first-order valence-electron chi connectivity index (χ1n) is 4.78. The number of benzene rings is 1. The summed E-state index contributed by atoms with van der Waals surface area (Å²) in [7, 11) is 0. The lowest BCUT2D eigenvalue weighted by atomic mass is 9.72. The fourth-order valence-corrected chi connectivity index (χ4v) is 2.19. The molecule has 2 N–H and O–H groups in total. The lowest BCUT2D eigenvalue weighted by Crippen LogP contribution is -2.44. The van der Waals surface area contributed by atoms with Crippen LogP contribution in [0, 0.1) is 12.7 Å². The average molecular weight is 214 g/mol. The SMILES string of the molecule is Cc1cc(Cl)c(F)c(C2(N)CCC2)c1. The normalized spacial score (nSPS) is 19.1. The quantitative estimate of drug-likeness (QED) is 0.762. The first-order valence-corrected chi connectivity index (χ1v) is 5.16. The van der Waals surface area contributed by atoms with Crippen LogP contribution in [0.15, 0.2) is 12.1 Å². The molecule has 1 saturated carbocycles. The van der Waals surface area contributed by atoms with E-state index in [1.807, 2.05) is 6.92 Å². The van der Waals surface area contributed by atoms with E-state index in [2.05, 4.69) is 0 Å². The molecule has 0 aromatic heterocycles. The zero-order valence-electron chi connectivity index (χ0n) is 8.11. The molecule has 14 heavy (non-hydrogen) atoms. The lowest BCUT2D eigenvalue weighted by molar-refractivity contribution is 0.245. The fraction of sp³-hybridized carbons (Fsp3) is 0.455. The van der Waals surface area contributed by atoms with Gasteiger partial charge in [0.25, 0.3) is 0 Å². The van der Waals surface area contributed by atoms with E-state index in [1.165, 1.54) is 0 Å². The minimum absolute atomic E-state index is 0.178. The van der Waals surface area contributed by atoms with Crippen molar-refractivity contribution < 1.29 is 4.39 Å². The third-order valence-electron chi connectivity index (χ3n) is 2.95. The van der Waals surface area contributed by atoms with Crippen molar-refractivity contribution in [3.8, 4) is 0 Å². The molecule has 0 spiro atoms. The van der Waals surface area contributed by atoms with Gasteiger partial charge in [0.15, 0.2) is 0 Å². The molecule has 1 aromatic carbocycles. The highest BCUT2D eigenvalue weighted by Crippen LogP contribution is 2.41. The van der Waals surface area contributed by atoms with Crippen molar-refractivity contribution in [3.63, 3.8) is 0 Å². The Morgan fingerprint density at radius 2 is 2.07 bits per heavy atom. The van der Waals surface area contributed by atoms with Crippen LogP contribution >= 0.6 is 11.6 Å². The lowest BCUT2D eigenvalue weighted by Gasteiger charge is -2.39. The van der Waals surface area contributed by atoms with Crippen molar-refractivity contribution >= 4 is 11.6 Å². The highest BCUT2D eigenvalue weighted by atomic mass is 35.5. The molecule has 2 rings (SSSR count). The Labute approximate surface area is 88.1 Å². The van der Waals surface area contributed by atoms with Gasteiger partial charge in [-0.15, -0.1) is 0 Å². The molecule has 1 fully saturated rings. The second kappa shape index (κ2) is 3.21. The number of nitrogens with two attached hydrogens (primary N) is 1. The van der Waals surface area contributed by atoms with Crippen LogP contribution in [-0.2, 0) is 5.54 Å². The Balaban J connectivity index is 2.51. The molecule has 1 aliphatic carbocycles. The van der Waals surface area contributed by atoms with E-state index >= 15 is 0 Å². The van der Waals surface area contributed by atoms with E-state index in [1.54, 1.807) is 12.1 Å². The Morgan fingerprint density at radius 3 is 2.57 bits per heavy atom. The molecule has 1 aliphatic rings. The van der Waals surface area contributed by atoms with Gasteiger partial charge in [-0.3, -0.25) is 0 Å². The van der Waals surface area contributed by atoms with Crippen LogP contribution in [0.1, 0.15) is 30.4 Å². The molecule has 76 valence electrons. The van der Waals surface area contributed by atoms with Gasteiger partial charge in [-0.05, 0) is 37.8 Å². The monoisotopic (exact) mass is 213 g/mol. The minimum Gasteiger partial charge on any atom is -0.321 e. The first kappa shape index (κ1) is 9.94. The van der Waals surface area contributed by atoms with E-state index in [4.69, 9.17) is 17.3 Å². The van der Waals surface area contributed by atoms with Gasteiger partial charge in [-0.1, -0.05) is 17.7 Å². The molecule has 0 amide bonds. The molecule has 0 saturated heterocycles. The molecule has 0 unspecified atom stereocenters. The second-order valence-electron chi connectivity index (χ2n) is 4.12. The van der Waals surface area contributed by atoms with Crippen molar-refractivity contribution in [1.82, 2.24) is 0 Å². The maximum absolute atomic E-state index is 13.7. The summed E-state index contributed by atoms with van der Waals surface area (Å²) in [4.78, 5) is 0. The minimum atomic E-state index is -0.472. The van der Waals surface area contributed by atoms with Gasteiger partial charge in [0.05, 0.1) is 5.02 Å². The van der Waals surface area contributed by atoms with Crippen LogP contribution in [-0.4, -0.2) is 0 Å². The van der Waals surface area contributed by atoms with Crippen LogP contribution in [0.4, 0.5) is 4.39 Å². The second-order valence-corrected chi connectivity index (χ2v) is 4.53. The molecule has 0 heterocycles. The molecule has 3 heteroatoms. The molecule has 1 aromatic rings. The van der Waals surface area contributed by atoms with Gasteiger partial charge in [-0.2, -0.15) is 0 Å². The van der Waals surface area contributed by atoms with E-state index in [-0.39, 0.29) is 10.8 Å². The van der Waals surface area contributed by atoms with E-state index in [9.17, 15) is 4.39 Å². The zero-order chi connectivity index (χ0) is 10.3. The zero-order valence-corrected chi connectivity index (χ0v) is 8.87. The van der Waals surface area contributed by atoms with Gasteiger partial charge in [0, 0.05) is 11.1 Å². The fourth-order valence-electron chi connectivity index (χ4n) is 1.91. The van der Waals surface area contributed by atoms with Crippen LogP contribution in [0.3, 0.4) is 0 Å². The molecule has 0 radical (unpaired) electrons. The van der Waals surface area contributed by atoms with E-state index in [0.717, 1.165) is 24.8 Å². The predicted octanol–water partition coefficient (Wildman–Crippen LogP) is 3.13. The largest absolute Gasteiger partial charge is 0.321 e. The summed E-state index contributed by atoms with van der Waals surface area (Å²) in [5.41, 5.74) is 7.13. The van der Waals surface area contributed by atoms with Crippen LogP contribution < -0.4 is 5.73 Å². The Kier molecular flexibility index (Phi) is 2.28. The number of hydrogen-bond donors (Lipinski definition) is 1. The van der Waals surface area contributed by atoms with Gasteiger partial charge < -0.3 is 5.73 Å². The maximum Gasteiger partial charge on any atom is 0.146 e. The summed E-state index contributed by atoms with van der Waals surface area (Å²) in [5.74, 6) is -0.348. The molecule has 0 aliphatic heterocycles. The summed E-state index contributed by atoms with van der Waals surface area (Å²) >= 11 is 5.78. The molecule has 1 nitrogen and oxygen atoms in total. The van der Waals surface area contributed by atoms with Gasteiger partial charge in [0.1, 0.15) is 5.82 Å². The first-order chi connectivity index (χ1) is 6.53. The van der Waals surface area contributed by atoms with Crippen molar-refractivity contribution in [3.05, 3.63) is 34.1 Å². The highest BCUT2D eigenvalue weighted by Gasteiger charge is 2.37. The number of hydrogen-bond acceptors (Lipinski definition) is 1. The number of halogens is 2. The smallest absolute Gasteiger partial charge is 0.146 e. The highest BCUT2D eigenvalue weighted by molar-refractivity contribution is 6.30. The molecular weight excluding hydrogens is 201 g/mol. The van der Waals surface area contributed by atoms with Crippen molar-refractivity contribution in [1.29, 1.82) is 0 Å². The number of aryl methyl sites for hydroxylation is 1. The molecule has 0 atom stereocenters. The summed E-state index contributed by atoms with van der Waals surface area (Å²) < 4.78 is 13.7. The van der Waals surface area contributed by atoms with Crippen molar-refractivity contribution in [2.45, 2.75) is 31.7 Å². The van der Waals surface area contributed by atoms with Gasteiger partial charge >= 0.3 is 0 Å². The topological polar surface area (TPSA) is 26.0 Å². The summed E-state index contributed by atoms with van der Waals surface area (Å²) in [6.45, 7) is 1.90. The standard InChI is InChI=1S/C11H13ClFN/c1-7-5-8(10(13)9(12)6-7)11(14)3-2-4-11/h5-6H,2-4,14H2,1H3.